The van der Waals surface area contributed by atoms with Crippen LogP contribution in [0.2, 0.25) is 0 Å². The second-order valence-electron chi connectivity index (χ2n) is 6.76. The number of nitrogens with zero attached hydrogens (tertiary/aromatic N) is 1. The minimum atomic E-state index is -0.466. The molecule has 0 saturated carbocycles. The van der Waals surface area contributed by atoms with E-state index in [4.69, 9.17) is 4.74 Å². The largest absolute Gasteiger partial charge is 0.445 e. The number of amides is 1. The highest BCUT2D eigenvalue weighted by molar-refractivity contribution is 5.70. The predicted octanol–water partition coefficient (Wildman–Crippen LogP) is 4.41. The fourth-order valence-electron chi connectivity index (χ4n) is 3.81. The minimum Gasteiger partial charge on any atom is -0.445 e. The molecule has 4 nitrogen and oxygen atoms in total. The average molecular weight is 364 g/mol. The van der Waals surface area contributed by atoms with Crippen LogP contribution in [0.3, 0.4) is 0 Å². The first-order valence-corrected chi connectivity index (χ1v) is 8.96. The number of benzene rings is 2. The van der Waals surface area contributed by atoms with Gasteiger partial charge in [0.1, 0.15) is 12.4 Å². The van der Waals surface area contributed by atoms with E-state index in [1.54, 1.807) is 12.1 Å². The molecular weight excluding hydrogens is 343 g/mol. The van der Waals surface area contributed by atoms with E-state index in [0.717, 1.165) is 35.3 Å². The Kier molecular flexibility index (Phi) is 4.44. The lowest BCUT2D eigenvalue weighted by Crippen LogP contribution is -2.19. The van der Waals surface area contributed by atoms with Crippen LogP contribution in [0.1, 0.15) is 27.9 Å². The summed E-state index contributed by atoms with van der Waals surface area (Å²) in [6.07, 6.45) is 0.364. The molecule has 0 spiro atoms. The van der Waals surface area contributed by atoms with Gasteiger partial charge in [-0.15, -0.1) is 0 Å². The Balaban J connectivity index is 1.84. The van der Waals surface area contributed by atoms with E-state index in [9.17, 15) is 9.18 Å². The summed E-state index contributed by atoms with van der Waals surface area (Å²) in [4.78, 5) is 11.6. The molecule has 5 heteroatoms. The maximum Gasteiger partial charge on any atom is 0.407 e. The van der Waals surface area contributed by atoms with Gasteiger partial charge < -0.3 is 14.6 Å². The van der Waals surface area contributed by atoms with Gasteiger partial charge in [-0.05, 0) is 53.4 Å². The van der Waals surface area contributed by atoms with Crippen molar-refractivity contribution in [1.82, 2.24) is 9.88 Å². The maximum atomic E-state index is 13.5. The molecule has 0 aliphatic carbocycles. The Morgan fingerprint density at radius 1 is 1.15 bits per heavy atom. The van der Waals surface area contributed by atoms with Gasteiger partial charge in [-0.25, -0.2) is 9.18 Å². The third kappa shape index (κ3) is 3.10. The van der Waals surface area contributed by atoms with Crippen LogP contribution in [0, 0.1) is 12.7 Å². The average Bonchev–Trinajstić information content (AvgIpc) is 2.96. The minimum absolute atomic E-state index is 0.175. The molecule has 1 aliphatic rings. The third-order valence-corrected chi connectivity index (χ3v) is 5.24. The first-order chi connectivity index (χ1) is 13.1. The van der Waals surface area contributed by atoms with Crippen molar-refractivity contribution in [2.24, 2.45) is 0 Å². The Morgan fingerprint density at radius 2 is 1.85 bits per heavy atom. The Hall–Kier alpha value is -3.08. The van der Waals surface area contributed by atoms with Crippen LogP contribution >= 0.6 is 0 Å². The molecule has 0 radical (unpaired) electrons. The predicted molar refractivity (Wildman–Crippen MR) is 102 cm³/mol. The van der Waals surface area contributed by atoms with Gasteiger partial charge in [0.05, 0.1) is 5.69 Å². The number of carbonyl (C=O) groups excluding carboxylic acids is 1. The van der Waals surface area contributed by atoms with Gasteiger partial charge in [0, 0.05) is 31.3 Å². The lowest BCUT2D eigenvalue weighted by Gasteiger charge is -2.22. The van der Waals surface area contributed by atoms with E-state index in [1.807, 2.05) is 6.07 Å². The molecule has 0 bridgehead atoms. The summed E-state index contributed by atoms with van der Waals surface area (Å²) >= 11 is 0. The van der Waals surface area contributed by atoms with Crippen molar-refractivity contribution in [3.8, 4) is 11.3 Å². The van der Waals surface area contributed by atoms with Gasteiger partial charge >= 0.3 is 6.09 Å². The fraction of sp³-hybridized carbons (Fsp3) is 0.227. The monoisotopic (exact) mass is 364 g/mol. The summed E-state index contributed by atoms with van der Waals surface area (Å²) in [6, 6.07) is 14.9. The molecule has 1 aliphatic heterocycles. The van der Waals surface area contributed by atoms with Crippen molar-refractivity contribution < 1.29 is 13.9 Å². The molecule has 1 aromatic heterocycles. The number of ether oxygens (including phenoxy) is 1. The fourth-order valence-corrected chi connectivity index (χ4v) is 3.81. The highest BCUT2D eigenvalue weighted by Crippen LogP contribution is 2.37. The van der Waals surface area contributed by atoms with Crippen LogP contribution in [0.15, 0.2) is 48.5 Å². The Bertz CT molecular complexity index is 1010. The maximum absolute atomic E-state index is 13.5. The smallest absolute Gasteiger partial charge is 0.407 e. The van der Waals surface area contributed by atoms with Crippen LogP contribution in [-0.2, 0) is 24.3 Å². The molecule has 1 N–H and O–H groups in total. The number of aromatic nitrogens is 1. The van der Waals surface area contributed by atoms with Crippen molar-refractivity contribution in [2.75, 3.05) is 7.05 Å². The SMILES string of the molecule is CNC(=O)OCc1c(C)c2n(c1-c1ccc(F)cc1)Cc1ccccc1C2. The van der Waals surface area contributed by atoms with Gasteiger partial charge in [0.15, 0.2) is 0 Å². The van der Waals surface area contributed by atoms with E-state index in [1.165, 1.54) is 36.0 Å². The van der Waals surface area contributed by atoms with Crippen molar-refractivity contribution >= 4 is 6.09 Å². The number of nitrogens with one attached hydrogen (secondary N) is 1. The summed E-state index contributed by atoms with van der Waals surface area (Å²) in [6.45, 7) is 2.99. The lowest BCUT2D eigenvalue weighted by atomic mass is 9.97. The van der Waals surface area contributed by atoms with Crippen LogP contribution < -0.4 is 5.32 Å². The van der Waals surface area contributed by atoms with Crippen LogP contribution in [-0.4, -0.2) is 17.7 Å². The van der Waals surface area contributed by atoms with Crippen molar-refractivity contribution in [1.29, 1.82) is 0 Å². The number of fused-ring (bicyclic) bond motifs is 2. The van der Waals surface area contributed by atoms with Gasteiger partial charge in [0.25, 0.3) is 0 Å². The normalized spacial score (nSPS) is 12.3. The molecule has 2 aromatic carbocycles. The van der Waals surface area contributed by atoms with Crippen LogP contribution in [0.25, 0.3) is 11.3 Å². The molecular formula is C22H21FN2O2. The molecule has 1 amide bonds. The molecule has 0 unspecified atom stereocenters. The Labute approximate surface area is 157 Å². The number of halogens is 1. The van der Waals surface area contributed by atoms with Gasteiger partial charge in [-0.1, -0.05) is 24.3 Å². The zero-order chi connectivity index (χ0) is 19.0. The third-order valence-electron chi connectivity index (χ3n) is 5.24. The van der Waals surface area contributed by atoms with Crippen molar-refractivity contribution in [3.63, 3.8) is 0 Å². The van der Waals surface area contributed by atoms with E-state index in [2.05, 4.69) is 35.0 Å². The lowest BCUT2D eigenvalue weighted by molar-refractivity contribution is 0.142. The first-order valence-electron chi connectivity index (χ1n) is 8.96. The molecule has 3 aromatic rings. The topological polar surface area (TPSA) is 43.3 Å². The van der Waals surface area contributed by atoms with E-state index in [-0.39, 0.29) is 12.4 Å². The molecule has 0 saturated heterocycles. The van der Waals surface area contributed by atoms with E-state index in [0.29, 0.717) is 0 Å². The summed E-state index contributed by atoms with van der Waals surface area (Å²) < 4.78 is 21.1. The number of hydrogen-bond acceptors (Lipinski definition) is 2. The van der Waals surface area contributed by atoms with Crippen LogP contribution in [0.4, 0.5) is 9.18 Å². The molecule has 138 valence electrons. The summed E-state index contributed by atoms with van der Waals surface area (Å²) in [5.41, 5.74) is 7.79. The summed E-state index contributed by atoms with van der Waals surface area (Å²) in [5, 5.41) is 2.48. The zero-order valence-electron chi connectivity index (χ0n) is 15.4. The highest BCUT2D eigenvalue weighted by atomic mass is 19.1. The molecule has 4 rings (SSSR count). The van der Waals surface area contributed by atoms with Crippen molar-refractivity contribution in [2.45, 2.75) is 26.5 Å². The summed E-state index contributed by atoms with van der Waals surface area (Å²) in [7, 11) is 1.54. The van der Waals surface area contributed by atoms with Gasteiger partial charge in [-0.2, -0.15) is 0 Å². The second kappa shape index (κ2) is 6.91. The van der Waals surface area contributed by atoms with E-state index < -0.39 is 6.09 Å². The molecule has 2 heterocycles. The molecule has 27 heavy (non-hydrogen) atoms. The zero-order valence-corrected chi connectivity index (χ0v) is 15.4. The van der Waals surface area contributed by atoms with E-state index >= 15 is 0 Å². The van der Waals surface area contributed by atoms with Gasteiger partial charge in [-0.3, -0.25) is 0 Å². The Morgan fingerprint density at radius 3 is 2.56 bits per heavy atom. The quantitative estimate of drug-likeness (QED) is 0.585. The number of alkyl carbamates (subject to hydrolysis) is 1. The standard InChI is InChI=1S/C22H21FN2O2/c1-14-19(13-27-22(26)24-2)21(15-7-9-18(23)10-8-15)25-12-17-6-4-3-5-16(17)11-20(14)25/h3-10H,11-13H2,1-2H3,(H,24,26). The number of hydrogen-bond donors (Lipinski definition) is 1. The second-order valence-corrected chi connectivity index (χ2v) is 6.76. The number of rotatable bonds is 3. The number of carbonyl (C=O) groups is 1. The van der Waals surface area contributed by atoms with Crippen LogP contribution in [0.5, 0.6) is 0 Å². The summed E-state index contributed by atoms with van der Waals surface area (Å²) in [5.74, 6) is -0.269. The van der Waals surface area contributed by atoms with Crippen molar-refractivity contribution in [3.05, 3.63) is 82.3 Å². The molecule has 0 atom stereocenters. The van der Waals surface area contributed by atoms with Gasteiger partial charge in [0.2, 0.25) is 0 Å². The first kappa shape index (κ1) is 17.3. The molecule has 0 fully saturated rings. The highest BCUT2D eigenvalue weighted by Gasteiger charge is 2.26.